The van der Waals surface area contributed by atoms with Crippen LogP contribution >= 0.6 is 0 Å². The third kappa shape index (κ3) is 1.64. The van der Waals surface area contributed by atoms with Crippen molar-refractivity contribution in [2.75, 3.05) is 6.61 Å². The van der Waals surface area contributed by atoms with Crippen molar-refractivity contribution in [3.8, 4) is 0 Å². The molecule has 0 aliphatic carbocycles. The fraction of sp³-hybridized carbons (Fsp3) is 0.357. The van der Waals surface area contributed by atoms with Crippen LogP contribution in [0.4, 0.5) is 0 Å². The standard InChI is InChI=1S/C14H16O2/c1-3-9-14(2)12(10-16-13(14)15)11-7-5-4-6-8-11/h3-8,12H,1,9-10H2,2H3. The summed E-state index contributed by atoms with van der Waals surface area (Å²) in [4.78, 5) is 11.8. The molecule has 2 unspecified atom stereocenters. The highest BCUT2D eigenvalue weighted by atomic mass is 16.5. The number of ether oxygens (including phenoxy) is 1. The largest absolute Gasteiger partial charge is 0.465 e. The van der Waals surface area contributed by atoms with Crippen molar-refractivity contribution < 1.29 is 9.53 Å². The van der Waals surface area contributed by atoms with Crippen LogP contribution in [0.15, 0.2) is 43.0 Å². The van der Waals surface area contributed by atoms with Crippen LogP contribution in [0.25, 0.3) is 0 Å². The molecule has 16 heavy (non-hydrogen) atoms. The Morgan fingerprint density at radius 2 is 2.19 bits per heavy atom. The zero-order valence-electron chi connectivity index (χ0n) is 9.48. The molecule has 0 bridgehead atoms. The summed E-state index contributed by atoms with van der Waals surface area (Å²) in [6, 6.07) is 10.1. The van der Waals surface area contributed by atoms with Gasteiger partial charge in [0.15, 0.2) is 0 Å². The summed E-state index contributed by atoms with van der Waals surface area (Å²) in [6.07, 6.45) is 2.45. The molecule has 2 heteroatoms. The lowest BCUT2D eigenvalue weighted by atomic mass is 9.73. The van der Waals surface area contributed by atoms with E-state index in [1.54, 1.807) is 6.08 Å². The number of hydrogen-bond donors (Lipinski definition) is 0. The molecule has 1 fully saturated rings. The quantitative estimate of drug-likeness (QED) is 0.573. The normalized spacial score (nSPS) is 28.8. The molecule has 0 amide bonds. The fourth-order valence-corrected chi connectivity index (χ4v) is 2.32. The fourth-order valence-electron chi connectivity index (χ4n) is 2.32. The topological polar surface area (TPSA) is 26.3 Å². The van der Waals surface area contributed by atoms with Gasteiger partial charge in [0, 0.05) is 5.92 Å². The Morgan fingerprint density at radius 3 is 2.81 bits per heavy atom. The lowest BCUT2D eigenvalue weighted by Gasteiger charge is -2.25. The van der Waals surface area contributed by atoms with E-state index in [0.29, 0.717) is 13.0 Å². The number of rotatable bonds is 3. The molecular formula is C14H16O2. The van der Waals surface area contributed by atoms with Crippen molar-refractivity contribution in [2.24, 2.45) is 5.41 Å². The summed E-state index contributed by atoms with van der Waals surface area (Å²) in [6.45, 7) is 6.16. The predicted octanol–water partition coefficient (Wildman–Crippen LogP) is 2.91. The van der Waals surface area contributed by atoms with Gasteiger partial charge in [-0.2, -0.15) is 0 Å². The maximum atomic E-state index is 11.8. The van der Waals surface area contributed by atoms with Crippen molar-refractivity contribution in [3.05, 3.63) is 48.6 Å². The van der Waals surface area contributed by atoms with Crippen LogP contribution in [0.5, 0.6) is 0 Å². The summed E-state index contributed by atoms with van der Waals surface area (Å²) >= 11 is 0. The minimum atomic E-state index is -0.455. The van der Waals surface area contributed by atoms with E-state index in [-0.39, 0.29) is 11.9 Å². The monoisotopic (exact) mass is 216 g/mol. The minimum absolute atomic E-state index is 0.110. The number of esters is 1. The molecule has 1 aliphatic heterocycles. The number of hydrogen-bond acceptors (Lipinski definition) is 2. The third-order valence-electron chi connectivity index (χ3n) is 3.39. The van der Waals surface area contributed by atoms with Gasteiger partial charge < -0.3 is 4.74 Å². The molecule has 0 aromatic heterocycles. The molecule has 1 aromatic carbocycles. The molecule has 2 atom stereocenters. The van der Waals surface area contributed by atoms with E-state index in [4.69, 9.17) is 4.74 Å². The SMILES string of the molecule is C=CCC1(C)C(=O)OCC1c1ccccc1. The van der Waals surface area contributed by atoms with E-state index >= 15 is 0 Å². The highest BCUT2D eigenvalue weighted by molar-refractivity contribution is 5.80. The second kappa shape index (κ2) is 4.12. The molecule has 1 aliphatic rings. The number of benzene rings is 1. The number of carbonyl (C=O) groups is 1. The van der Waals surface area contributed by atoms with Crippen molar-refractivity contribution >= 4 is 5.97 Å². The zero-order valence-corrected chi connectivity index (χ0v) is 9.48. The zero-order chi connectivity index (χ0) is 11.6. The van der Waals surface area contributed by atoms with E-state index in [2.05, 4.69) is 6.58 Å². The van der Waals surface area contributed by atoms with Gasteiger partial charge in [-0.05, 0) is 18.9 Å². The van der Waals surface area contributed by atoms with Gasteiger partial charge in [-0.15, -0.1) is 6.58 Å². The van der Waals surface area contributed by atoms with Gasteiger partial charge in [0.05, 0.1) is 12.0 Å². The Labute approximate surface area is 95.9 Å². The number of cyclic esters (lactones) is 1. The Hall–Kier alpha value is -1.57. The Bertz CT molecular complexity index is 396. The van der Waals surface area contributed by atoms with Crippen molar-refractivity contribution in [2.45, 2.75) is 19.3 Å². The molecule has 0 spiro atoms. The molecule has 2 nitrogen and oxygen atoms in total. The summed E-state index contributed by atoms with van der Waals surface area (Å²) in [5.74, 6) is 0.0282. The average molecular weight is 216 g/mol. The van der Waals surface area contributed by atoms with E-state index in [9.17, 15) is 4.79 Å². The molecule has 1 saturated heterocycles. The van der Waals surface area contributed by atoms with E-state index in [1.807, 2.05) is 37.3 Å². The van der Waals surface area contributed by atoms with Gasteiger partial charge in [-0.1, -0.05) is 36.4 Å². The first-order valence-corrected chi connectivity index (χ1v) is 5.51. The Balaban J connectivity index is 2.35. The third-order valence-corrected chi connectivity index (χ3v) is 3.39. The van der Waals surface area contributed by atoms with Gasteiger partial charge in [0.2, 0.25) is 0 Å². The maximum Gasteiger partial charge on any atom is 0.312 e. The smallest absolute Gasteiger partial charge is 0.312 e. The van der Waals surface area contributed by atoms with Crippen LogP contribution in [-0.2, 0) is 9.53 Å². The summed E-state index contributed by atoms with van der Waals surface area (Å²) < 4.78 is 5.20. The van der Waals surface area contributed by atoms with Gasteiger partial charge >= 0.3 is 5.97 Å². The predicted molar refractivity (Wildman–Crippen MR) is 63.1 cm³/mol. The second-order valence-corrected chi connectivity index (χ2v) is 4.47. The first-order chi connectivity index (χ1) is 7.68. The second-order valence-electron chi connectivity index (χ2n) is 4.47. The van der Waals surface area contributed by atoms with Gasteiger partial charge in [-0.25, -0.2) is 0 Å². The Kier molecular flexibility index (Phi) is 2.82. The first kappa shape index (κ1) is 10.9. The summed E-state index contributed by atoms with van der Waals surface area (Å²) in [5, 5.41) is 0. The molecule has 0 saturated carbocycles. The molecule has 84 valence electrons. The van der Waals surface area contributed by atoms with E-state index in [1.165, 1.54) is 0 Å². The first-order valence-electron chi connectivity index (χ1n) is 5.51. The molecule has 0 radical (unpaired) electrons. The Morgan fingerprint density at radius 1 is 1.50 bits per heavy atom. The molecular weight excluding hydrogens is 200 g/mol. The lowest BCUT2D eigenvalue weighted by molar-refractivity contribution is -0.145. The van der Waals surface area contributed by atoms with E-state index < -0.39 is 5.41 Å². The summed E-state index contributed by atoms with van der Waals surface area (Å²) in [5.41, 5.74) is 0.709. The molecule has 1 heterocycles. The van der Waals surface area contributed by atoms with Crippen molar-refractivity contribution in [3.63, 3.8) is 0 Å². The van der Waals surface area contributed by atoms with Crippen molar-refractivity contribution in [1.29, 1.82) is 0 Å². The van der Waals surface area contributed by atoms with Gasteiger partial charge in [0.25, 0.3) is 0 Å². The van der Waals surface area contributed by atoms with Gasteiger partial charge in [-0.3, -0.25) is 4.79 Å². The molecule has 2 rings (SSSR count). The summed E-state index contributed by atoms with van der Waals surface area (Å²) in [7, 11) is 0. The van der Waals surface area contributed by atoms with Crippen molar-refractivity contribution in [1.82, 2.24) is 0 Å². The highest BCUT2D eigenvalue weighted by Gasteiger charge is 2.48. The van der Waals surface area contributed by atoms with Gasteiger partial charge in [0.1, 0.15) is 0 Å². The lowest BCUT2D eigenvalue weighted by Crippen LogP contribution is -2.27. The highest BCUT2D eigenvalue weighted by Crippen LogP contribution is 2.44. The van der Waals surface area contributed by atoms with Crippen LogP contribution < -0.4 is 0 Å². The molecule has 1 aromatic rings. The van der Waals surface area contributed by atoms with Crippen LogP contribution in [0.2, 0.25) is 0 Å². The number of carbonyl (C=O) groups excluding carboxylic acids is 1. The van der Waals surface area contributed by atoms with Crippen LogP contribution in [0, 0.1) is 5.41 Å². The molecule has 0 N–H and O–H groups in total. The van der Waals surface area contributed by atoms with E-state index in [0.717, 1.165) is 5.56 Å². The van der Waals surface area contributed by atoms with Crippen LogP contribution in [0.1, 0.15) is 24.8 Å². The van der Waals surface area contributed by atoms with Crippen LogP contribution in [0.3, 0.4) is 0 Å². The number of allylic oxidation sites excluding steroid dienone is 1. The maximum absolute atomic E-state index is 11.8. The minimum Gasteiger partial charge on any atom is -0.465 e. The average Bonchev–Trinajstić information content (AvgIpc) is 2.58. The van der Waals surface area contributed by atoms with Crippen LogP contribution in [-0.4, -0.2) is 12.6 Å².